The van der Waals surface area contributed by atoms with E-state index in [4.69, 9.17) is 4.74 Å². The van der Waals surface area contributed by atoms with Gasteiger partial charge in [0.2, 0.25) is 0 Å². The Labute approximate surface area is 124 Å². The molecule has 3 aromatic carbocycles. The monoisotopic (exact) mass is 278 g/mol. The van der Waals surface area contributed by atoms with Crippen molar-refractivity contribution in [1.82, 2.24) is 0 Å². The predicted octanol–water partition coefficient (Wildman–Crippen LogP) is 4.32. The summed E-state index contributed by atoms with van der Waals surface area (Å²) in [6.45, 7) is 2.07. The van der Waals surface area contributed by atoms with E-state index in [-0.39, 0.29) is 6.61 Å². The molecule has 0 bridgehead atoms. The van der Waals surface area contributed by atoms with E-state index in [1.165, 1.54) is 5.56 Å². The zero-order valence-electron chi connectivity index (χ0n) is 12.3. The van der Waals surface area contributed by atoms with Crippen LogP contribution in [0.4, 0.5) is 0 Å². The van der Waals surface area contributed by atoms with E-state index in [0.29, 0.717) is 0 Å². The predicted molar refractivity (Wildman–Crippen MR) is 86.6 cm³/mol. The molecule has 0 radical (unpaired) electrons. The largest absolute Gasteiger partial charge is 0.495 e. The highest BCUT2D eigenvalue weighted by Gasteiger charge is 2.16. The first kappa shape index (κ1) is 13.7. The van der Waals surface area contributed by atoms with Gasteiger partial charge in [0.25, 0.3) is 0 Å². The highest BCUT2D eigenvalue weighted by molar-refractivity contribution is 5.97. The maximum Gasteiger partial charge on any atom is 0.134 e. The number of benzene rings is 3. The fraction of sp³-hybridized carbons (Fsp3) is 0.158. The second kappa shape index (κ2) is 5.58. The molecule has 0 unspecified atom stereocenters. The molecule has 21 heavy (non-hydrogen) atoms. The minimum atomic E-state index is -0.00907. The summed E-state index contributed by atoms with van der Waals surface area (Å²) in [5.41, 5.74) is 4.14. The summed E-state index contributed by atoms with van der Waals surface area (Å²) in [5, 5.41) is 11.9. The molecule has 0 aromatic heterocycles. The highest BCUT2D eigenvalue weighted by atomic mass is 16.5. The quantitative estimate of drug-likeness (QED) is 0.773. The third-order valence-corrected chi connectivity index (χ3v) is 3.87. The van der Waals surface area contributed by atoms with Crippen LogP contribution in [0.25, 0.3) is 21.9 Å². The highest BCUT2D eigenvalue weighted by Crippen LogP contribution is 2.40. The third-order valence-electron chi connectivity index (χ3n) is 3.87. The Hall–Kier alpha value is -2.32. The summed E-state index contributed by atoms with van der Waals surface area (Å²) in [6, 6.07) is 18.3. The number of aryl methyl sites for hydroxylation is 1. The van der Waals surface area contributed by atoms with Crippen molar-refractivity contribution in [3.05, 3.63) is 65.7 Å². The van der Waals surface area contributed by atoms with Crippen molar-refractivity contribution in [3.8, 4) is 16.9 Å². The molecule has 1 N–H and O–H groups in total. The van der Waals surface area contributed by atoms with E-state index in [2.05, 4.69) is 25.1 Å². The van der Waals surface area contributed by atoms with Gasteiger partial charge in [0.15, 0.2) is 0 Å². The molecule has 0 fully saturated rings. The number of hydrogen-bond acceptors (Lipinski definition) is 2. The van der Waals surface area contributed by atoms with E-state index in [1.54, 1.807) is 7.11 Å². The number of rotatable bonds is 3. The summed E-state index contributed by atoms with van der Waals surface area (Å²) in [6.07, 6.45) is 0. The molecule has 0 aliphatic rings. The zero-order chi connectivity index (χ0) is 14.8. The molecule has 106 valence electrons. The summed E-state index contributed by atoms with van der Waals surface area (Å²) in [5.74, 6) is 0.825. The molecule has 0 saturated heterocycles. The summed E-state index contributed by atoms with van der Waals surface area (Å²) in [4.78, 5) is 0. The molecule has 0 saturated carbocycles. The van der Waals surface area contributed by atoms with Crippen LogP contribution >= 0.6 is 0 Å². The number of ether oxygens (including phenoxy) is 1. The second-order valence-corrected chi connectivity index (χ2v) is 5.14. The number of methoxy groups -OCH3 is 1. The lowest BCUT2D eigenvalue weighted by molar-refractivity contribution is 0.282. The van der Waals surface area contributed by atoms with Gasteiger partial charge in [-0.3, -0.25) is 0 Å². The van der Waals surface area contributed by atoms with Gasteiger partial charge in [-0.15, -0.1) is 0 Å². The van der Waals surface area contributed by atoms with Crippen molar-refractivity contribution in [2.75, 3.05) is 7.11 Å². The lowest BCUT2D eigenvalue weighted by Gasteiger charge is -2.17. The Morgan fingerprint density at radius 2 is 1.71 bits per heavy atom. The van der Waals surface area contributed by atoms with Crippen LogP contribution in [0, 0.1) is 6.92 Å². The van der Waals surface area contributed by atoms with Crippen LogP contribution in [0.2, 0.25) is 0 Å². The Balaban J connectivity index is 2.43. The van der Waals surface area contributed by atoms with Gasteiger partial charge in [0.05, 0.1) is 13.7 Å². The molecule has 0 atom stereocenters. The summed E-state index contributed by atoms with van der Waals surface area (Å²) < 4.78 is 5.70. The molecule has 0 amide bonds. The first-order valence-electron chi connectivity index (χ1n) is 7.01. The third kappa shape index (κ3) is 2.28. The molecule has 3 aromatic rings. The van der Waals surface area contributed by atoms with Crippen LogP contribution in [-0.4, -0.2) is 12.2 Å². The minimum absolute atomic E-state index is 0.00907. The van der Waals surface area contributed by atoms with Crippen molar-refractivity contribution in [1.29, 1.82) is 0 Å². The van der Waals surface area contributed by atoms with Gasteiger partial charge in [0.1, 0.15) is 5.75 Å². The van der Waals surface area contributed by atoms with Gasteiger partial charge in [-0.05, 0) is 35.1 Å². The number of fused-ring (bicyclic) bond motifs is 1. The van der Waals surface area contributed by atoms with Crippen LogP contribution in [0.15, 0.2) is 54.6 Å². The summed E-state index contributed by atoms with van der Waals surface area (Å²) >= 11 is 0. The lowest BCUT2D eigenvalue weighted by atomic mass is 9.92. The van der Waals surface area contributed by atoms with E-state index < -0.39 is 0 Å². The van der Waals surface area contributed by atoms with Crippen LogP contribution in [0.3, 0.4) is 0 Å². The maximum absolute atomic E-state index is 9.79. The van der Waals surface area contributed by atoms with E-state index >= 15 is 0 Å². The average Bonchev–Trinajstić information content (AvgIpc) is 2.53. The molecule has 0 spiro atoms. The molecule has 0 aliphatic heterocycles. The average molecular weight is 278 g/mol. The van der Waals surface area contributed by atoms with Crippen LogP contribution in [0.1, 0.15) is 11.1 Å². The molecule has 3 rings (SSSR count). The Kier molecular flexibility index (Phi) is 3.63. The van der Waals surface area contributed by atoms with Crippen LogP contribution < -0.4 is 4.74 Å². The van der Waals surface area contributed by atoms with Crippen molar-refractivity contribution < 1.29 is 9.84 Å². The summed E-state index contributed by atoms with van der Waals surface area (Å²) in [7, 11) is 1.69. The van der Waals surface area contributed by atoms with Gasteiger partial charge in [0, 0.05) is 10.9 Å². The topological polar surface area (TPSA) is 29.5 Å². The SMILES string of the molecule is COc1c(-c2ccccc2C)c(CO)cc2ccccc12. The van der Waals surface area contributed by atoms with Crippen LogP contribution in [0.5, 0.6) is 5.75 Å². The maximum atomic E-state index is 9.79. The molecule has 0 heterocycles. The minimum Gasteiger partial charge on any atom is -0.495 e. The Morgan fingerprint density at radius 3 is 2.43 bits per heavy atom. The van der Waals surface area contributed by atoms with E-state index in [1.807, 2.05) is 36.4 Å². The molecular formula is C19H18O2. The number of hydrogen-bond donors (Lipinski definition) is 1. The molecule has 2 nitrogen and oxygen atoms in total. The Morgan fingerprint density at radius 1 is 1.00 bits per heavy atom. The normalized spacial score (nSPS) is 10.8. The van der Waals surface area contributed by atoms with Crippen molar-refractivity contribution in [3.63, 3.8) is 0 Å². The van der Waals surface area contributed by atoms with Crippen molar-refractivity contribution >= 4 is 10.8 Å². The van der Waals surface area contributed by atoms with Gasteiger partial charge in [-0.25, -0.2) is 0 Å². The van der Waals surface area contributed by atoms with E-state index in [0.717, 1.165) is 33.2 Å². The second-order valence-electron chi connectivity index (χ2n) is 5.14. The molecular weight excluding hydrogens is 260 g/mol. The number of aliphatic hydroxyl groups is 1. The van der Waals surface area contributed by atoms with Gasteiger partial charge in [-0.1, -0.05) is 48.5 Å². The molecule has 2 heteroatoms. The van der Waals surface area contributed by atoms with Crippen molar-refractivity contribution in [2.45, 2.75) is 13.5 Å². The lowest BCUT2D eigenvalue weighted by Crippen LogP contribution is -1.97. The zero-order valence-corrected chi connectivity index (χ0v) is 12.3. The molecule has 0 aliphatic carbocycles. The Bertz CT molecular complexity index is 791. The van der Waals surface area contributed by atoms with E-state index in [9.17, 15) is 5.11 Å². The van der Waals surface area contributed by atoms with Gasteiger partial charge in [-0.2, -0.15) is 0 Å². The standard InChI is InChI=1S/C19H18O2/c1-13-7-3-5-9-16(13)18-15(12-20)11-14-8-4-6-10-17(14)19(18)21-2/h3-11,20H,12H2,1-2H3. The number of aliphatic hydroxyl groups excluding tert-OH is 1. The fourth-order valence-corrected chi connectivity index (χ4v) is 2.86. The van der Waals surface area contributed by atoms with Crippen LogP contribution in [-0.2, 0) is 6.61 Å². The first-order chi connectivity index (χ1) is 10.3. The van der Waals surface area contributed by atoms with Crippen molar-refractivity contribution in [2.24, 2.45) is 0 Å². The van der Waals surface area contributed by atoms with Gasteiger partial charge >= 0.3 is 0 Å². The van der Waals surface area contributed by atoms with Gasteiger partial charge < -0.3 is 9.84 Å². The first-order valence-corrected chi connectivity index (χ1v) is 7.01. The fourth-order valence-electron chi connectivity index (χ4n) is 2.86. The smallest absolute Gasteiger partial charge is 0.134 e.